The maximum Gasteiger partial charge on any atom is 0.309 e. The van der Waals surface area contributed by atoms with Crippen LogP contribution in [0, 0.1) is 11.8 Å². The van der Waals surface area contributed by atoms with E-state index in [9.17, 15) is 4.79 Å². The van der Waals surface area contributed by atoms with Crippen molar-refractivity contribution >= 4 is 5.97 Å². The Morgan fingerprint density at radius 2 is 1.57 bits per heavy atom. The second-order valence-corrected chi connectivity index (χ2v) is 6.50. The Bertz CT molecular complexity index is 431. The summed E-state index contributed by atoms with van der Waals surface area (Å²) in [6, 6.07) is 8.16. The average Bonchev–Trinajstić information content (AvgIpc) is 2.39. The van der Waals surface area contributed by atoms with Crippen molar-refractivity contribution in [1.29, 1.82) is 0 Å². The van der Waals surface area contributed by atoms with E-state index in [1.807, 2.05) is 18.2 Å². The van der Waals surface area contributed by atoms with Crippen LogP contribution in [-0.2, 0) is 22.5 Å². The SMILES string of the molecule is COC(=O)Cc1ccccc1CN(CC(C)C)CC(C)C. The topological polar surface area (TPSA) is 29.5 Å². The van der Waals surface area contributed by atoms with Gasteiger partial charge in [-0.05, 0) is 23.0 Å². The lowest BCUT2D eigenvalue weighted by molar-refractivity contribution is -0.139. The lowest BCUT2D eigenvalue weighted by atomic mass is 10.0. The molecule has 0 saturated heterocycles. The Morgan fingerprint density at radius 1 is 1.05 bits per heavy atom. The van der Waals surface area contributed by atoms with Crippen molar-refractivity contribution in [2.24, 2.45) is 11.8 Å². The number of hydrogen-bond acceptors (Lipinski definition) is 3. The van der Waals surface area contributed by atoms with Crippen LogP contribution in [0.1, 0.15) is 38.8 Å². The third-order valence-corrected chi connectivity index (χ3v) is 3.32. The number of hydrogen-bond donors (Lipinski definition) is 0. The van der Waals surface area contributed by atoms with E-state index < -0.39 is 0 Å². The molecule has 3 nitrogen and oxygen atoms in total. The summed E-state index contributed by atoms with van der Waals surface area (Å²) in [5.74, 6) is 1.09. The zero-order valence-electron chi connectivity index (χ0n) is 14.1. The minimum atomic E-state index is -0.179. The van der Waals surface area contributed by atoms with E-state index in [4.69, 9.17) is 4.74 Å². The van der Waals surface area contributed by atoms with Gasteiger partial charge in [0.15, 0.2) is 0 Å². The van der Waals surface area contributed by atoms with Crippen LogP contribution in [0.25, 0.3) is 0 Å². The van der Waals surface area contributed by atoms with Crippen molar-refractivity contribution in [2.75, 3.05) is 20.2 Å². The molecule has 3 heteroatoms. The molecule has 1 rings (SSSR count). The van der Waals surface area contributed by atoms with E-state index in [0.29, 0.717) is 18.3 Å². The largest absolute Gasteiger partial charge is 0.469 e. The second kappa shape index (κ2) is 8.83. The second-order valence-electron chi connectivity index (χ2n) is 6.50. The summed E-state index contributed by atoms with van der Waals surface area (Å²) < 4.78 is 4.79. The van der Waals surface area contributed by atoms with Crippen LogP contribution in [0.3, 0.4) is 0 Å². The predicted molar refractivity (Wildman–Crippen MR) is 87.1 cm³/mol. The summed E-state index contributed by atoms with van der Waals surface area (Å²) in [4.78, 5) is 14.0. The van der Waals surface area contributed by atoms with Crippen LogP contribution in [-0.4, -0.2) is 31.1 Å². The van der Waals surface area contributed by atoms with Gasteiger partial charge in [0.1, 0.15) is 0 Å². The highest BCUT2D eigenvalue weighted by molar-refractivity contribution is 5.72. The third kappa shape index (κ3) is 6.76. The van der Waals surface area contributed by atoms with Gasteiger partial charge in [0.05, 0.1) is 13.5 Å². The fourth-order valence-corrected chi connectivity index (χ4v) is 2.59. The van der Waals surface area contributed by atoms with Gasteiger partial charge in [0.2, 0.25) is 0 Å². The Kier molecular flexibility index (Phi) is 7.44. The van der Waals surface area contributed by atoms with Crippen LogP contribution in [0.15, 0.2) is 24.3 Å². The standard InChI is InChI=1S/C18H29NO2/c1-14(2)11-19(12-15(3)4)13-17-9-7-6-8-16(17)10-18(20)21-5/h6-9,14-15H,10-13H2,1-5H3. The van der Waals surface area contributed by atoms with E-state index in [1.165, 1.54) is 12.7 Å². The Labute approximate surface area is 129 Å². The van der Waals surface area contributed by atoms with Gasteiger partial charge in [-0.1, -0.05) is 52.0 Å². The average molecular weight is 291 g/mol. The van der Waals surface area contributed by atoms with Crippen molar-refractivity contribution < 1.29 is 9.53 Å². The lowest BCUT2D eigenvalue weighted by Gasteiger charge is -2.27. The van der Waals surface area contributed by atoms with Crippen LogP contribution < -0.4 is 0 Å². The zero-order chi connectivity index (χ0) is 15.8. The molecule has 0 unspecified atom stereocenters. The molecule has 0 radical (unpaired) electrons. The molecule has 0 bridgehead atoms. The zero-order valence-corrected chi connectivity index (χ0v) is 14.1. The van der Waals surface area contributed by atoms with E-state index in [1.54, 1.807) is 0 Å². The van der Waals surface area contributed by atoms with Crippen LogP contribution >= 0.6 is 0 Å². The van der Waals surface area contributed by atoms with E-state index in [2.05, 4.69) is 38.7 Å². The highest BCUT2D eigenvalue weighted by atomic mass is 16.5. The molecule has 0 N–H and O–H groups in total. The van der Waals surface area contributed by atoms with Gasteiger partial charge >= 0.3 is 5.97 Å². The van der Waals surface area contributed by atoms with Gasteiger partial charge in [0, 0.05) is 19.6 Å². The highest BCUT2D eigenvalue weighted by Crippen LogP contribution is 2.15. The summed E-state index contributed by atoms with van der Waals surface area (Å²) in [5, 5.41) is 0. The molecule has 0 heterocycles. The van der Waals surface area contributed by atoms with Crippen LogP contribution in [0.5, 0.6) is 0 Å². The number of benzene rings is 1. The first-order valence-electron chi connectivity index (χ1n) is 7.78. The number of rotatable bonds is 8. The quantitative estimate of drug-likeness (QED) is 0.686. The van der Waals surface area contributed by atoms with Gasteiger partial charge in [-0.15, -0.1) is 0 Å². The lowest BCUT2D eigenvalue weighted by Crippen LogP contribution is -2.31. The summed E-state index contributed by atoms with van der Waals surface area (Å²) in [7, 11) is 1.44. The van der Waals surface area contributed by atoms with Gasteiger partial charge < -0.3 is 4.74 Å². The first-order valence-corrected chi connectivity index (χ1v) is 7.78. The molecule has 1 aromatic carbocycles. The molecule has 0 amide bonds. The highest BCUT2D eigenvalue weighted by Gasteiger charge is 2.13. The summed E-state index contributed by atoms with van der Waals surface area (Å²) in [6.07, 6.45) is 0.351. The predicted octanol–water partition coefficient (Wildman–Crippen LogP) is 3.52. The molecule has 0 saturated carbocycles. The molecule has 0 fully saturated rings. The van der Waals surface area contributed by atoms with Crippen molar-refractivity contribution in [3.8, 4) is 0 Å². The maximum atomic E-state index is 11.5. The molecule has 0 aromatic heterocycles. The van der Waals surface area contributed by atoms with Gasteiger partial charge in [-0.3, -0.25) is 9.69 Å². The van der Waals surface area contributed by atoms with Gasteiger partial charge in [-0.2, -0.15) is 0 Å². The summed E-state index contributed by atoms with van der Waals surface area (Å²) in [5.41, 5.74) is 2.30. The summed E-state index contributed by atoms with van der Waals surface area (Å²) >= 11 is 0. The Morgan fingerprint density at radius 3 is 2.05 bits per heavy atom. The number of carbonyl (C=O) groups is 1. The number of carbonyl (C=O) groups excluding carboxylic acids is 1. The Balaban J connectivity index is 2.84. The van der Waals surface area contributed by atoms with Crippen molar-refractivity contribution in [3.05, 3.63) is 35.4 Å². The van der Waals surface area contributed by atoms with Crippen molar-refractivity contribution in [1.82, 2.24) is 4.90 Å². The molecule has 0 atom stereocenters. The first-order chi connectivity index (χ1) is 9.92. The molecular weight excluding hydrogens is 262 g/mol. The normalized spacial score (nSPS) is 11.4. The first kappa shape index (κ1) is 17.7. The molecule has 0 aliphatic rings. The van der Waals surface area contributed by atoms with E-state index in [-0.39, 0.29) is 5.97 Å². The monoisotopic (exact) mass is 291 g/mol. The number of methoxy groups -OCH3 is 1. The fraction of sp³-hybridized carbons (Fsp3) is 0.611. The minimum absolute atomic E-state index is 0.179. The number of nitrogens with zero attached hydrogens (tertiary/aromatic N) is 1. The molecule has 1 aromatic rings. The molecule has 21 heavy (non-hydrogen) atoms. The number of esters is 1. The van der Waals surface area contributed by atoms with E-state index in [0.717, 1.165) is 25.2 Å². The third-order valence-electron chi connectivity index (χ3n) is 3.32. The van der Waals surface area contributed by atoms with E-state index >= 15 is 0 Å². The fourth-order valence-electron chi connectivity index (χ4n) is 2.59. The molecule has 0 spiro atoms. The van der Waals surface area contributed by atoms with Gasteiger partial charge in [0.25, 0.3) is 0 Å². The molecule has 118 valence electrons. The van der Waals surface area contributed by atoms with Crippen LogP contribution in [0.4, 0.5) is 0 Å². The number of ether oxygens (including phenoxy) is 1. The maximum absolute atomic E-state index is 11.5. The van der Waals surface area contributed by atoms with Crippen LogP contribution in [0.2, 0.25) is 0 Å². The Hall–Kier alpha value is -1.35. The van der Waals surface area contributed by atoms with Gasteiger partial charge in [-0.25, -0.2) is 0 Å². The minimum Gasteiger partial charge on any atom is -0.469 e. The summed E-state index contributed by atoms with van der Waals surface area (Å²) in [6.45, 7) is 12.0. The molecule has 0 aliphatic carbocycles. The smallest absolute Gasteiger partial charge is 0.309 e. The van der Waals surface area contributed by atoms with Crippen molar-refractivity contribution in [3.63, 3.8) is 0 Å². The molecule has 0 aliphatic heterocycles. The van der Waals surface area contributed by atoms with Crippen molar-refractivity contribution in [2.45, 2.75) is 40.7 Å². The molecular formula is C18H29NO2.